The SMILES string of the molecule is COc1ccc2ccccc2c1/C=C1/C(=O)NC(=S)N(c2ccccc2F)C1=O. The summed E-state index contributed by atoms with van der Waals surface area (Å²) >= 11 is 5.12. The molecule has 2 amide bonds. The molecule has 0 spiro atoms. The minimum absolute atomic E-state index is 0.0294. The van der Waals surface area contributed by atoms with E-state index in [1.807, 2.05) is 30.3 Å². The Labute approximate surface area is 171 Å². The van der Waals surface area contributed by atoms with Crippen molar-refractivity contribution >= 4 is 51.7 Å². The van der Waals surface area contributed by atoms with Gasteiger partial charge in [0.15, 0.2) is 5.11 Å². The lowest BCUT2D eigenvalue weighted by atomic mass is 9.99. The second kappa shape index (κ2) is 7.44. The summed E-state index contributed by atoms with van der Waals surface area (Å²) in [5, 5.41) is 4.02. The highest BCUT2D eigenvalue weighted by Crippen LogP contribution is 2.32. The molecule has 144 valence electrons. The molecule has 0 aliphatic carbocycles. The van der Waals surface area contributed by atoms with Gasteiger partial charge < -0.3 is 4.74 Å². The fraction of sp³-hybridized carbons (Fsp3) is 0.0455. The summed E-state index contributed by atoms with van der Waals surface area (Å²) in [4.78, 5) is 26.7. The van der Waals surface area contributed by atoms with Gasteiger partial charge in [0.1, 0.15) is 17.1 Å². The van der Waals surface area contributed by atoms with E-state index in [9.17, 15) is 14.0 Å². The predicted molar refractivity (Wildman–Crippen MR) is 113 cm³/mol. The summed E-state index contributed by atoms with van der Waals surface area (Å²) in [7, 11) is 1.51. The Hall–Kier alpha value is -3.58. The third-order valence-electron chi connectivity index (χ3n) is 4.63. The van der Waals surface area contributed by atoms with Crippen LogP contribution < -0.4 is 15.0 Å². The number of amides is 2. The molecule has 5 nitrogen and oxygen atoms in total. The van der Waals surface area contributed by atoms with E-state index in [1.54, 1.807) is 12.1 Å². The molecule has 0 saturated carbocycles. The number of halogens is 1. The van der Waals surface area contributed by atoms with E-state index < -0.39 is 17.6 Å². The molecule has 1 N–H and O–H groups in total. The molecular formula is C22H15FN2O3S. The number of nitrogens with one attached hydrogen (secondary N) is 1. The largest absolute Gasteiger partial charge is 0.496 e. The van der Waals surface area contributed by atoms with Gasteiger partial charge in [-0.1, -0.05) is 42.5 Å². The summed E-state index contributed by atoms with van der Waals surface area (Å²) in [5.41, 5.74) is 0.375. The number of rotatable bonds is 3. The number of benzene rings is 3. The van der Waals surface area contributed by atoms with Crippen LogP contribution in [0.4, 0.5) is 10.1 Å². The molecule has 0 aromatic heterocycles. The van der Waals surface area contributed by atoms with Gasteiger partial charge in [0.2, 0.25) is 0 Å². The van der Waals surface area contributed by atoms with Crippen LogP contribution in [-0.2, 0) is 9.59 Å². The smallest absolute Gasteiger partial charge is 0.270 e. The first-order valence-corrected chi connectivity index (χ1v) is 9.14. The lowest BCUT2D eigenvalue weighted by Crippen LogP contribution is -2.54. The van der Waals surface area contributed by atoms with E-state index in [0.29, 0.717) is 11.3 Å². The van der Waals surface area contributed by atoms with Crippen molar-refractivity contribution in [3.05, 3.63) is 77.6 Å². The van der Waals surface area contributed by atoms with Gasteiger partial charge in [0.05, 0.1) is 12.8 Å². The Kier molecular flexibility index (Phi) is 4.82. The van der Waals surface area contributed by atoms with Crippen molar-refractivity contribution in [3.8, 4) is 5.75 Å². The molecule has 0 atom stereocenters. The highest BCUT2D eigenvalue weighted by Gasteiger charge is 2.36. The lowest BCUT2D eigenvalue weighted by Gasteiger charge is -2.29. The number of hydrogen-bond acceptors (Lipinski definition) is 4. The lowest BCUT2D eigenvalue weighted by molar-refractivity contribution is -0.122. The van der Waals surface area contributed by atoms with E-state index in [1.165, 1.54) is 31.4 Å². The molecule has 1 aliphatic rings. The first kappa shape index (κ1) is 18.8. The molecule has 1 aliphatic heterocycles. The summed E-state index contributed by atoms with van der Waals surface area (Å²) < 4.78 is 19.7. The van der Waals surface area contributed by atoms with Crippen LogP contribution in [-0.4, -0.2) is 24.0 Å². The standard InChI is InChI=1S/C22H15FN2O3S/c1-28-19-11-10-13-6-2-3-7-14(13)15(19)12-16-20(26)24-22(29)25(21(16)27)18-9-5-4-8-17(18)23/h2-12H,1H3,(H,24,26,29)/b16-12-. The maximum absolute atomic E-state index is 14.3. The molecule has 3 aromatic rings. The van der Waals surface area contributed by atoms with Crippen molar-refractivity contribution in [1.29, 1.82) is 0 Å². The van der Waals surface area contributed by atoms with Crippen molar-refractivity contribution in [3.63, 3.8) is 0 Å². The van der Waals surface area contributed by atoms with E-state index in [-0.39, 0.29) is 16.4 Å². The Balaban J connectivity index is 1.89. The number of para-hydroxylation sites is 1. The number of hydrogen-bond donors (Lipinski definition) is 1. The van der Waals surface area contributed by atoms with E-state index in [4.69, 9.17) is 17.0 Å². The van der Waals surface area contributed by atoms with Gasteiger partial charge >= 0.3 is 0 Å². The van der Waals surface area contributed by atoms with Crippen LogP contribution in [0.25, 0.3) is 16.8 Å². The van der Waals surface area contributed by atoms with Crippen LogP contribution in [0.3, 0.4) is 0 Å². The Morgan fingerprint density at radius 2 is 1.76 bits per heavy atom. The summed E-state index contributed by atoms with van der Waals surface area (Å²) in [6.45, 7) is 0. The fourth-order valence-corrected chi connectivity index (χ4v) is 3.53. The Bertz CT molecular complexity index is 1210. The van der Waals surface area contributed by atoms with Crippen molar-refractivity contribution in [2.75, 3.05) is 12.0 Å². The summed E-state index contributed by atoms with van der Waals surface area (Å²) in [6, 6.07) is 16.9. The summed E-state index contributed by atoms with van der Waals surface area (Å²) in [6.07, 6.45) is 1.45. The number of carbonyl (C=O) groups is 2. The van der Waals surface area contributed by atoms with E-state index in [0.717, 1.165) is 15.7 Å². The first-order chi connectivity index (χ1) is 14.0. The number of carbonyl (C=O) groups excluding carboxylic acids is 2. The van der Waals surface area contributed by atoms with Gasteiger partial charge in [-0.3, -0.25) is 14.9 Å². The number of nitrogens with zero attached hydrogens (tertiary/aromatic N) is 1. The van der Waals surface area contributed by atoms with Gasteiger partial charge in [-0.05, 0) is 47.3 Å². The topological polar surface area (TPSA) is 58.6 Å². The maximum Gasteiger partial charge on any atom is 0.270 e. The first-order valence-electron chi connectivity index (χ1n) is 8.73. The normalized spacial score (nSPS) is 15.7. The van der Waals surface area contributed by atoms with Gasteiger partial charge in [-0.25, -0.2) is 9.29 Å². The van der Waals surface area contributed by atoms with Crippen LogP contribution in [0.15, 0.2) is 66.2 Å². The number of ether oxygens (including phenoxy) is 1. The van der Waals surface area contributed by atoms with Gasteiger partial charge in [-0.15, -0.1) is 0 Å². The molecule has 29 heavy (non-hydrogen) atoms. The van der Waals surface area contributed by atoms with Gasteiger partial charge in [0.25, 0.3) is 11.8 Å². The van der Waals surface area contributed by atoms with E-state index in [2.05, 4.69) is 5.32 Å². The molecule has 1 fully saturated rings. The summed E-state index contributed by atoms with van der Waals surface area (Å²) in [5.74, 6) is -1.48. The zero-order chi connectivity index (χ0) is 20.5. The molecule has 0 unspecified atom stereocenters. The van der Waals surface area contributed by atoms with Crippen molar-refractivity contribution in [1.82, 2.24) is 5.32 Å². The molecule has 3 aromatic carbocycles. The van der Waals surface area contributed by atoms with Crippen LogP contribution in [0.2, 0.25) is 0 Å². The molecule has 7 heteroatoms. The second-order valence-corrected chi connectivity index (χ2v) is 6.70. The quantitative estimate of drug-likeness (QED) is 0.408. The van der Waals surface area contributed by atoms with Crippen LogP contribution in [0, 0.1) is 5.82 Å². The predicted octanol–water partition coefficient (Wildman–Crippen LogP) is 3.82. The molecule has 4 rings (SSSR count). The number of fused-ring (bicyclic) bond motifs is 1. The molecular weight excluding hydrogens is 391 g/mol. The van der Waals surface area contributed by atoms with Crippen LogP contribution >= 0.6 is 12.2 Å². The van der Waals surface area contributed by atoms with Crippen LogP contribution in [0.5, 0.6) is 5.75 Å². The van der Waals surface area contributed by atoms with Gasteiger partial charge in [-0.2, -0.15) is 0 Å². The average Bonchev–Trinajstić information content (AvgIpc) is 2.72. The molecule has 0 bridgehead atoms. The minimum atomic E-state index is -0.709. The highest BCUT2D eigenvalue weighted by molar-refractivity contribution is 7.80. The second-order valence-electron chi connectivity index (χ2n) is 6.31. The number of anilines is 1. The third-order valence-corrected chi connectivity index (χ3v) is 4.92. The highest BCUT2D eigenvalue weighted by atomic mass is 32.1. The molecule has 1 saturated heterocycles. The Morgan fingerprint density at radius 3 is 2.52 bits per heavy atom. The van der Waals surface area contributed by atoms with Crippen molar-refractivity contribution in [2.45, 2.75) is 0 Å². The molecule has 0 radical (unpaired) electrons. The molecule has 1 heterocycles. The number of thiocarbonyl (C=S) groups is 1. The monoisotopic (exact) mass is 406 g/mol. The zero-order valence-electron chi connectivity index (χ0n) is 15.3. The maximum atomic E-state index is 14.3. The fourth-order valence-electron chi connectivity index (χ4n) is 3.26. The number of methoxy groups -OCH3 is 1. The Morgan fingerprint density at radius 1 is 1.03 bits per heavy atom. The average molecular weight is 406 g/mol. The van der Waals surface area contributed by atoms with Gasteiger partial charge in [0, 0.05) is 5.56 Å². The van der Waals surface area contributed by atoms with Crippen LogP contribution in [0.1, 0.15) is 5.56 Å². The van der Waals surface area contributed by atoms with E-state index >= 15 is 0 Å². The van der Waals surface area contributed by atoms with Crippen molar-refractivity contribution in [2.24, 2.45) is 0 Å². The van der Waals surface area contributed by atoms with Crippen molar-refractivity contribution < 1.29 is 18.7 Å². The third kappa shape index (κ3) is 3.25. The zero-order valence-corrected chi connectivity index (χ0v) is 16.1. The minimum Gasteiger partial charge on any atom is -0.496 e.